The van der Waals surface area contributed by atoms with Crippen LogP contribution in [0, 0.1) is 0 Å². The molecule has 1 amide bonds. The normalized spacial score (nSPS) is 12.5. The Labute approximate surface area is 163 Å². The Balaban J connectivity index is 1.53. The third kappa shape index (κ3) is 3.47. The molecule has 27 heavy (non-hydrogen) atoms. The summed E-state index contributed by atoms with van der Waals surface area (Å²) in [6.07, 6.45) is 0. The maximum Gasteiger partial charge on any atom is 0.231 e. The van der Waals surface area contributed by atoms with Crippen molar-refractivity contribution in [3.63, 3.8) is 0 Å². The van der Waals surface area contributed by atoms with Crippen LogP contribution >= 0.6 is 23.1 Å². The second-order valence-electron chi connectivity index (χ2n) is 6.07. The van der Waals surface area contributed by atoms with Gasteiger partial charge in [0.15, 0.2) is 10.9 Å². The molecule has 0 spiro atoms. The van der Waals surface area contributed by atoms with Gasteiger partial charge in [-0.15, -0.1) is 16.4 Å². The maximum atomic E-state index is 12.8. The average Bonchev–Trinajstić information content (AvgIpc) is 3.35. The Morgan fingerprint density at radius 1 is 1.30 bits per heavy atom. The van der Waals surface area contributed by atoms with Crippen LogP contribution in [0.3, 0.4) is 0 Å². The van der Waals surface area contributed by atoms with E-state index < -0.39 is 0 Å². The van der Waals surface area contributed by atoms with E-state index in [4.69, 9.17) is 0 Å². The highest BCUT2D eigenvalue weighted by Gasteiger charge is 2.22. The first kappa shape index (κ1) is 17.7. The number of fused-ring (bicyclic) bond motifs is 3. The van der Waals surface area contributed by atoms with Crippen molar-refractivity contribution in [1.82, 2.24) is 24.9 Å². The van der Waals surface area contributed by atoms with Gasteiger partial charge in [-0.3, -0.25) is 14.0 Å². The Bertz CT molecular complexity index is 1140. The van der Waals surface area contributed by atoms with Crippen molar-refractivity contribution < 1.29 is 9.59 Å². The van der Waals surface area contributed by atoms with Gasteiger partial charge in [-0.25, -0.2) is 10.1 Å². The van der Waals surface area contributed by atoms with Crippen LogP contribution in [-0.2, 0) is 11.3 Å². The molecule has 0 bridgehead atoms. The van der Waals surface area contributed by atoms with E-state index in [1.165, 1.54) is 30.0 Å². The molecule has 2 N–H and O–H groups in total. The fraction of sp³-hybridized carbons (Fsp3) is 0.222. The van der Waals surface area contributed by atoms with E-state index in [0.29, 0.717) is 22.4 Å². The fourth-order valence-electron chi connectivity index (χ4n) is 2.75. The topological polar surface area (TPSA) is 92.1 Å². The van der Waals surface area contributed by atoms with Crippen LogP contribution in [-0.4, -0.2) is 36.5 Å². The summed E-state index contributed by atoms with van der Waals surface area (Å²) in [6.45, 7) is 3.79. The van der Waals surface area contributed by atoms with Crippen molar-refractivity contribution in [2.45, 2.75) is 30.8 Å². The molecule has 0 aliphatic heterocycles. The molecule has 9 heteroatoms. The SMILES string of the molecule is CC(=O)NCc1ccc(C(=O)[C@H](C)Sc2n[nH]c3nc4ccccc4n23)s1. The number of ketones is 1. The highest BCUT2D eigenvalue weighted by Crippen LogP contribution is 2.29. The highest BCUT2D eigenvalue weighted by atomic mass is 32.2. The minimum atomic E-state index is -0.301. The lowest BCUT2D eigenvalue weighted by Crippen LogP contribution is -2.18. The third-order valence-corrected chi connectivity index (χ3v) is 6.22. The number of carbonyl (C=O) groups is 2. The molecule has 1 aromatic carbocycles. The molecule has 4 aromatic rings. The summed E-state index contributed by atoms with van der Waals surface area (Å²) >= 11 is 2.80. The van der Waals surface area contributed by atoms with E-state index in [1.54, 1.807) is 0 Å². The minimum Gasteiger partial charge on any atom is -0.351 e. The molecule has 7 nitrogen and oxygen atoms in total. The standard InChI is InChI=1S/C18H17N5O2S2/c1-10(16(25)15-8-7-12(27-15)9-19-11(2)24)26-18-22-21-17-20-13-5-3-4-6-14(13)23(17)18/h3-8,10H,9H2,1-2H3,(H,19,24)(H,20,21)/t10-/m0/s1. The van der Waals surface area contributed by atoms with Gasteiger partial charge in [-0.05, 0) is 31.2 Å². The lowest BCUT2D eigenvalue weighted by atomic mass is 10.2. The predicted octanol–water partition coefficient (Wildman–Crippen LogP) is 3.27. The Kier molecular flexibility index (Phi) is 4.71. The molecule has 0 aliphatic carbocycles. The number of thiophene rings is 1. The first-order chi connectivity index (χ1) is 13.0. The number of aromatic nitrogens is 4. The predicted molar refractivity (Wildman–Crippen MR) is 106 cm³/mol. The number of para-hydroxylation sites is 2. The van der Waals surface area contributed by atoms with Gasteiger partial charge in [0.1, 0.15) is 0 Å². The number of nitrogens with one attached hydrogen (secondary N) is 2. The van der Waals surface area contributed by atoms with Crippen molar-refractivity contribution >= 4 is 51.6 Å². The van der Waals surface area contributed by atoms with E-state index in [0.717, 1.165) is 15.9 Å². The van der Waals surface area contributed by atoms with Crippen LogP contribution in [0.15, 0.2) is 41.6 Å². The van der Waals surface area contributed by atoms with Crippen LogP contribution in [0.4, 0.5) is 0 Å². The lowest BCUT2D eigenvalue weighted by Gasteiger charge is -2.07. The van der Waals surface area contributed by atoms with Crippen molar-refractivity contribution in [2.24, 2.45) is 0 Å². The first-order valence-corrected chi connectivity index (χ1v) is 10.1. The van der Waals surface area contributed by atoms with Crippen LogP contribution in [0.25, 0.3) is 16.8 Å². The molecule has 0 fully saturated rings. The third-order valence-electron chi connectivity index (χ3n) is 4.07. The van der Waals surface area contributed by atoms with Gasteiger partial charge in [0, 0.05) is 11.8 Å². The van der Waals surface area contributed by atoms with Gasteiger partial charge < -0.3 is 5.32 Å². The first-order valence-electron chi connectivity index (χ1n) is 8.38. The molecule has 0 unspecified atom stereocenters. The van der Waals surface area contributed by atoms with E-state index >= 15 is 0 Å². The number of H-pyrrole nitrogens is 1. The van der Waals surface area contributed by atoms with E-state index in [9.17, 15) is 9.59 Å². The molecule has 1 atom stereocenters. The number of hydrogen-bond acceptors (Lipinski definition) is 6. The van der Waals surface area contributed by atoms with E-state index in [-0.39, 0.29) is 16.9 Å². The smallest absolute Gasteiger partial charge is 0.231 e. The highest BCUT2D eigenvalue weighted by molar-refractivity contribution is 8.00. The molecule has 4 rings (SSSR count). The number of aromatic amines is 1. The second kappa shape index (κ2) is 7.16. The maximum absolute atomic E-state index is 12.8. The summed E-state index contributed by atoms with van der Waals surface area (Å²) < 4.78 is 1.93. The van der Waals surface area contributed by atoms with Crippen LogP contribution < -0.4 is 5.32 Å². The molecule has 3 aromatic heterocycles. The number of Topliss-reactive ketones (excluding diaryl/α,β-unsaturated/α-hetero) is 1. The summed E-state index contributed by atoms with van der Waals surface area (Å²) in [5.41, 5.74) is 1.84. The van der Waals surface area contributed by atoms with Crippen molar-refractivity contribution in [2.75, 3.05) is 0 Å². The second-order valence-corrected chi connectivity index (χ2v) is 8.54. The number of nitrogens with zero attached hydrogens (tertiary/aromatic N) is 3. The van der Waals surface area contributed by atoms with Gasteiger partial charge in [0.2, 0.25) is 11.7 Å². The molecule has 0 saturated carbocycles. The number of benzene rings is 1. The van der Waals surface area contributed by atoms with Gasteiger partial charge >= 0.3 is 0 Å². The zero-order chi connectivity index (χ0) is 19.0. The zero-order valence-electron chi connectivity index (χ0n) is 14.7. The number of hydrogen-bond donors (Lipinski definition) is 2. The Morgan fingerprint density at radius 3 is 2.93 bits per heavy atom. The fourth-order valence-corrected chi connectivity index (χ4v) is 4.74. The lowest BCUT2D eigenvalue weighted by molar-refractivity contribution is -0.119. The molecule has 3 heterocycles. The minimum absolute atomic E-state index is 0.0413. The molecule has 0 radical (unpaired) electrons. The Morgan fingerprint density at radius 2 is 2.11 bits per heavy atom. The average molecular weight is 400 g/mol. The summed E-state index contributed by atoms with van der Waals surface area (Å²) in [5.74, 6) is 0.613. The quantitative estimate of drug-likeness (QED) is 0.383. The van der Waals surface area contributed by atoms with Gasteiger partial charge in [0.05, 0.1) is 27.7 Å². The van der Waals surface area contributed by atoms with Crippen LogP contribution in [0.2, 0.25) is 0 Å². The number of amides is 1. The van der Waals surface area contributed by atoms with Gasteiger partial charge in [-0.1, -0.05) is 23.9 Å². The summed E-state index contributed by atoms with van der Waals surface area (Å²) in [5, 5.41) is 10.4. The monoisotopic (exact) mass is 399 g/mol. The number of rotatable bonds is 6. The van der Waals surface area contributed by atoms with E-state index in [1.807, 2.05) is 47.7 Å². The number of imidazole rings is 1. The Hall–Kier alpha value is -2.65. The van der Waals surface area contributed by atoms with Crippen LogP contribution in [0.1, 0.15) is 28.4 Å². The zero-order valence-corrected chi connectivity index (χ0v) is 16.4. The van der Waals surface area contributed by atoms with Crippen molar-refractivity contribution in [3.8, 4) is 0 Å². The molecular weight excluding hydrogens is 382 g/mol. The van der Waals surface area contributed by atoms with Gasteiger partial charge in [0.25, 0.3) is 0 Å². The van der Waals surface area contributed by atoms with Gasteiger partial charge in [-0.2, -0.15) is 0 Å². The number of thioether (sulfide) groups is 1. The molecular formula is C18H17N5O2S2. The number of carbonyl (C=O) groups excluding carboxylic acids is 2. The molecule has 0 aliphatic rings. The summed E-state index contributed by atoms with van der Waals surface area (Å²) in [6, 6.07) is 11.5. The largest absolute Gasteiger partial charge is 0.351 e. The van der Waals surface area contributed by atoms with E-state index in [2.05, 4.69) is 20.5 Å². The van der Waals surface area contributed by atoms with Crippen molar-refractivity contribution in [3.05, 3.63) is 46.2 Å². The van der Waals surface area contributed by atoms with Crippen LogP contribution in [0.5, 0.6) is 0 Å². The summed E-state index contributed by atoms with van der Waals surface area (Å²) in [4.78, 5) is 30.0. The van der Waals surface area contributed by atoms with Crippen molar-refractivity contribution in [1.29, 1.82) is 0 Å². The molecule has 0 saturated heterocycles. The molecule has 138 valence electrons. The summed E-state index contributed by atoms with van der Waals surface area (Å²) in [7, 11) is 0.